The Hall–Kier alpha value is -0.703. The molecule has 4 fully saturated rings. The first-order chi connectivity index (χ1) is 22.1. The number of aliphatic hydroxyl groups is 1. The van der Waals surface area contributed by atoms with Crippen LogP contribution in [0.3, 0.4) is 0 Å². The van der Waals surface area contributed by atoms with Crippen LogP contribution in [0.15, 0.2) is 23.5 Å². The summed E-state index contributed by atoms with van der Waals surface area (Å²) in [5.41, 5.74) is 1.57. The molecule has 5 unspecified atom stereocenters. The van der Waals surface area contributed by atoms with Gasteiger partial charge in [-0.05, 0) is 106 Å². The van der Waals surface area contributed by atoms with Crippen molar-refractivity contribution in [1.82, 2.24) is 0 Å². The van der Waals surface area contributed by atoms with Crippen LogP contribution in [-0.2, 0) is 23.4 Å². The Kier molecular flexibility index (Phi) is 13.7. The summed E-state index contributed by atoms with van der Waals surface area (Å²) in [7, 11) is -1.87. The first-order valence-electron chi connectivity index (χ1n) is 19.4. The molecule has 5 rings (SSSR count). The monoisotopic (exact) mass is 660 g/mol. The summed E-state index contributed by atoms with van der Waals surface area (Å²) >= 11 is 0. The van der Waals surface area contributed by atoms with Gasteiger partial charge in [0.1, 0.15) is 5.76 Å². The van der Waals surface area contributed by atoms with Gasteiger partial charge in [-0.25, -0.2) is 0 Å². The Bertz CT molecular complexity index is 969. The van der Waals surface area contributed by atoms with Gasteiger partial charge in [0, 0.05) is 38.1 Å². The molecule has 264 valence electrons. The summed E-state index contributed by atoms with van der Waals surface area (Å²) < 4.78 is 33.1. The van der Waals surface area contributed by atoms with E-state index in [1.54, 1.807) is 5.57 Å². The number of hydrogen-bond acceptors (Lipinski definition) is 6. The van der Waals surface area contributed by atoms with Crippen LogP contribution >= 0.6 is 0 Å². The van der Waals surface area contributed by atoms with Crippen molar-refractivity contribution in [2.75, 3.05) is 26.4 Å². The molecule has 1 N–H and O–H groups in total. The highest BCUT2D eigenvalue weighted by Gasteiger charge is 2.50. The van der Waals surface area contributed by atoms with Gasteiger partial charge in [0.15, 0.2) is 20.9 Å². The molecule has 0 aromatic carbocycles. The lowest BCUT2D eigenvalue weighted by molar-refractivity contribution is -0.201. The lowest BCUT2D eigenvalue weighted by atomic mass is 9.83. The number of rotatable bonds is 15. The zero-order valence-corrected chi connectivity index (χ0v) is 31.1. The average molecular weight is 661 g/mol. The second-order valence-electron chi connectivity index (χ2n) is 16.8. The highest BCUT2D eigenvalue weighted by molar-refractivity contribution is 6.74. The number of unbranched alkanes of at least 4 members (excludes halogenated alkanes) is 1. The van der Waals surface area contributed by atoms with Crippen molar-refractivity contribution in [3.8, 4) is 0 Å². The fourth-order valence-corrected chi connectivity index (χ4v) is 9.45. The molecule has 0 bridgehead atoms. The summed E-state index contributed by atoms with van der Waals surface area (Å²) in [5, 5.41) is 9.78. The molecule has 2 saturated carbocycles. The molecule has 0 aromatic heterocycles. The minimum atomic E-state index is -1.87. The summed E-state index contributed by atoms with van der Waals surface area (Å²) in [6.07, 6.45) is 24.5. The Morgan fingerprint density at radius 3 is 2.30 bits per heavy atom. The second kappa shape index (κ2) is 17.3. The Morgan fingerprint density at radius 1 is 0.957 bits per heavy atom. The van der Waals surface area contributed by atoms with Crippen LogP contribution in [0.4, 0.5) is 0 Å². The molecule has 46 heavy (non-hydrogen) atoms. The van der Waals surface area contributed by atoms with E-state index in [1.165, 1.54) is 44.9 Å². The molecule has 7 atom stereocenters. The molecular weight excluding hydrogens is 593 g/mol. The van der Waals surface area contributed by atoms with Crippen LogP contribution in [-0.4, -0.2) is 58.5 Å². The van der Waals surface area contributed by atoms with Gasteiger partial charge >= 0.3 is 0 Å². The van der Waals surface area contributed by atoms with Gasteiger partial charge in [0.2, 0.25) is 0 Å². The lowest BCUT2D eigenvalue weighted by Gasteiger charge is -2.38. The van der Waals surface area contributed by atoms with Crippen molar-refractivity contribution in [3.63, 3.8) is 0 Å². The first-order valence-corrected chi connectivity index (χ1v) is 22.3. The molecule has 0 aromatic rings. The lowest BCUT2D eigenvalue weighted by Crippen LogP contribution is -2.42. The van der Waals surface area contributed by atoms with Crippen molar-refractivity contribution in [2.45, 2.75) is 167 Å². The van der Waals surface area contributed by atoms with Gasteiger partial charge in [-0.2, -0.15) is 0 Å². The Labute approximate surface area is 282 Å². The third-order valence-electron chi connectivity index (χ3n) is 12.3. The van der Waals surface area contributed by atoms with E-state index in [2.05, 4.69) is 46.0 Å². The Balaban J connectivity index is 1.38. The summed E-state index contributed by atoms with van der Waals surface area (Å²) in [5.74, 6) is 3.49. The molecule has 2 saturated heterocycles. The standard InChI is InChI=1S/C39H68O6Si/c1-39(2,3)46(4,5)43-28-30(17-9-12-22-40)31-25-32-27-35(45-37-19-11-14-24-42-37)38(33(32)26-31)34(44-36-18-10-13-23-41-36)21-20-29-15-7-6-8-16-29/h21,25,29-30,32-33,35-38,40H,6-20,22-24,26-28H2,1-5H3/t30?,32?,33?,35-,36?,37?,38+/m1/s1. The van der Waals surface area contributed by atoms with Crippen LogP contribution in [0.5, 0.6) is 0 Å². The van der Waals surface area contributed by atoms with Crippen molar-refractivity contribution in [2.24, 2.45) is 29.6 Å². The second-order valence-corrected chi connectivity index (χ2v) is 21.6. The largest absolute Gasteiger partial charge is 0.469 e. The molecular formula is C39H68O6Si. The topological polar surface area (TPSA) is 66.4 Å². The number of aliphatic hydroxyl groups excluding tert-OH is 1. The van der Waals surface area contributed by atoms with E-state index < -0.39 is 8.32 Å². The fourth-order valence-electron chi connectivity index (χ4n) is 8.40. The van der Waals surface area contributed by atoms with Crippen molar-refractivity contribution in [3.05, 3.63) is 23.5 Å². The normalized spacial score (nSPS) is 32.3. The van der Waals surface area contributed by atoms with Crippen molar-refractivity contribution < 1.29 is 28.5 Å². The summed E-state index contributed by atoms with van der Waals surface area (Å²) in [6, 6.07) is 0. The summed E-state index contributed by atoms with van der Waals surface area (Å²) in [6.45, 7) is 14.4. The quantitative estimate of drug-likeness (QED) is 0.0817. The third kappa shape index (κ3) is 9.94. The van der Waals surface area contributed by atoms with Gasteiger partial charge in [0.25, 0.3) is 0 Å². The maximum absolute atomic E-state index is 9.59. The third-order valence-corrected chi connectivity index (χ3v) is 16.8. The number of ether oxygens (including phenoxy) is 4. The predicted octanol–water partition coefficient (Wildman–Crippen LogP) is 9.68. The molecule has 0 radical (unpaired) electrons. The zero-order chi connectivity index (χ0) is 32.6. The van der Waals surface area contributed by atoms with E-state index in [4.69, 9.17) is 23.4 Å². The number of fused-ring (bicyclic) bond motifs is 1. The Morgan fingerprint density at radius 2 is 1.65 bits per heavy atom. The maximum Gasteiger partial charge on any atom is 0.199 e. The van der Waals surface area contributed by atoms with Crippen LogP contribution in [0.2, 0.25) is 18.1 Å². The molecule has 5 aliphatic rings. The van der Waals surface area contributed by atoms with Gasteiger partial charge in [0.05, 0.1) is 12.7 Å². The molecule has 0 spiro atoms. The summed E-state index contributed by atoms with van der Waals surface area (Å²) in [4.78, 5) is 0. The molecule has 0 amide bonds. The molecule has 7 heteroatoms. The van der Waals surface area contributed by atoms with Crippen LogP contribution < -0.4 is 0 Å². The minimum absolute atomic E-state index is 0.0988. The van der Waals surface area contributed by atoms with E-state index >= 15 is 0 Å². The van der Waals surface area contributed by atoms with E-state index in [0.717, 1.165) is 95.7 Å². The van der Waals surface area contributed by atoms with Gasteiger partial charge in [-0.15, -0.1) is 0 Å². The van der Waals surface area contributed by atoms with Gasteiger partial charge in [-0.1, -0.05) is 70.9 Å². The van der Waals surface area contributed by atoms with Crippen LogP contribution in [0.1, 0.15) is 130 Å². The van der Waals surface area contributed by atoms with E-state index in [9.17, 15) is 5.11 Å². The van der Waals surface area contributed by atoms with E-state index in [-0.39, 0.29) is 36.2 Å². The zero-order valence-electron chi connectivity index (χ0n) is 30.1. The van der Waals surface area contributed by atoms with E-state index in [1.807, 2.05) is 0 Å². The highest BCUT2D eigenvalue weighted by atomic mass is 28.4. The fraction of sp³-hybridized carbons (Fsp3) is 0.897. The van der Waals surface area contributed by atoms with Crippen molar-refractivity contribution in [1.29, 1.82) is 0 Å². The first kappa shape index (κ1) is 36.6. The van der Waals surface area contributed by atoms with Gasteiger partial charge < -0.3 is 28.5 Å². The highest BCUT2D eigenvalue weighted by Crippen LogP contribution is 2.53. The molecule has 2 aliphatic heterocycles. The molecule has 2 heterocycles. The minimum Gasteiger partial charge on any atom is -0.469 e. The molecule has 3 aliphatic carbocycles. The van der Waals surface area contributed by atoms with Crippen molar-refractivity contribution >= 4 is 8.32 Å². The number of allylic oxidation sites excluding steroid dienone is 2. The number of hydrogen-bond donors (Lipinski definition) is 1. The predicted molar refractivity (Wildman–Crippen MR) is 188 cm³/mol. The van der Waals surface area contributed by atoms with Crippen LogP contribution in [0, 0.1) is 29.6 Å². The SMILES string of the molecule is CC(C)(C)[Si](C)(C)OCC(CCCCO)C1=CC2C[C@@H](OC3CCCCO3)[C@H](C(=CCC3CCCCC3)OC3CCCCO3)C2C1. The average Bonchev–Trinajstić information content (AvgIpc) is 3.59. The molecule has 6 nitrogen and oxygen atoms in total. The smallest absolute Gasteiger partial charge is 0.199 e. The maximum atomic E-state index is 9.59. The van der Waals surface area contributed by atoms with Gasteiger partial charge in [-0.3, -0.25) is 0 Å². The van der Waals surface area contributed by atoms with Crippen LogP contribution in [0.25, 0.3) is 0 Å². The van der Waals surface area contributed by atoms with E-state index in [0.29, 0.717) is 17.8 Å².